The molecule has 1 saturated heterocycles. The Morgan fingerprint density at radius 1 is 0.943 bits per heavy atom. The van der Waals surface area contributed by atoms with E-state index in [-0.39, 0.29) is 13.1 Å². The molecule has 0 spiro atoms. The molecule has 0 unspecified atom stereocenters. The molecule has 2 aromatic carbocycles. The second-order valence-electron chi connectivity index (χ2n) is 8.51. The van der Waals surface area contributed by atoms with Crippen LogP contribution >= 0.6 is 0 Å². The van der Waals surface area contributed by atoms with Gasteiger partial charge in [-0.25, -0.2) is 8.42 Å². The Balaban J connectivity index is 1.28. The van der Waals surface area contributed by atoms with Gasteiger partial charge in [-0.3, -0.25) is 4.68 Å². The summed E-state index contributed by atoms with van der Waals surface area (Å²) in [5, 5.41) is 8.44. The molecule has 0 atom stereocenters. The number of hydrogen-bond acceptors (Lipinski definition) is 5. The summed E-state index contributed by atoms with van der Waals surface area (Å²) in [4.78, 5) is 1.43. The van der Waals surface area contributed by atoms with Crippen molar-refractivity contribution < 1.29 is 21.6 Å². The van der Waals surface area contributed by atoms with Gasteiger partial charge in [0.2, 0.25) is 10.0 Å². The van der Waals surface area contributed by atoms with Crippen molar-refractivity contribution in [3.63, 3.8) is 0 Å². The number of sulfonamides is 1. The quantitative estimate of drug-likeness (QED) is 0.462. The number of hydrogen-bond donors (Lipinski definition) is 0. The van der Waals surface area contributed by atoms with E-state index >= 15 is 0 Å². The van der Waals surface area contributed by atoms with E-state index in [9.17, 15) is 21.6 Å². The average Bonchev–Trinajstić information content (AvgIpc) is 3.33. The zero-order valence-corrected chi connectivity index (χ0v) is 20.3. The summed E-state index contributed by atoms with van der Waals surface area (Å²) in [6.45, 7) is 4.72. The van der Waals surface area contributed by atoms with Crippen molar-refractivity contribution in [3.8, 4) is 11.3 Å². The van der Waals surface area contributed by atoms with Gasteiger partial charge in [0.15, 0.2) is 0 Å². The summed E-state index contributed by atoms with van der Waals surface area (Å²) in [6.07, 6.45) is -1.05. The van der Waals surface area contributed by atoms with Crippen molar-refractivity contribution in [2.75, 3.05) is 32.7 Å². The highest BCUT2D eigenvalue weighted by molar-refractivity contribution is 7.89. The number of halogens is 3. The molecule has 0 aliphatic carbocycles. The maximum absolute atomic E-state index is 13.3. The predicted octanol–water partition coefficient (Wildman–Crippen LogP) is 3.92. The van der Waals surface area contributed by atoms with Crippen molar-refractivity contribution in [3.05, 3.63) is 65.9 Å². The molecule has 0 radical (unpaired) electrons. The molecule has 0 N–H and O–H groups in total. The number of alkyl halides is 3. The van der Waals surface area contributed by atoms with Gasteiger partial charge in [0, 0.05) is 44.8 Å². The van der Waals surface area contributed by atoms with Crippen LogP contribution in [0.2, 0.25) is 0 Å². The van der Waals surface area contributed by atoms with Gasteiger partial charge in [-0.2, -0.15) is 17.5 Å². The maximum Gasteiger partial charge on any atom is 0.417 e. The molecule has 3 aromatic rings. The minimum absolute atomic E-state index is 0.149. The van der Waals surface area contributed by atoms with E-state index in [1.807, 2.05) is 18.3 Å². The van der Waals surface area contributed by atoms with E-state index in [1.165, 1.54) is 17.7 Å². The van der Waals surface area contributed by atoms with Crippen LogP contribution in [0.3, 0.4) is 0 Å². The lowest BCUT2D eigenvalue weighted by Gasteiger charge is -2.34. The van der Waals surface area contributed by atoms with Crippen molar-refractivity contribution in [2.45, 2.75) is 37.4 Å². The number of nitrogens with zero attached hydrogens (tertiary/aromatic N) is 5. The van der Waals surface area contributed by atoms with Crippen molar-refractivity contribution >= 4 is 10.0 Å². The van der Waals surface area contributed by atoms with Crippen LogP contribution in [-0.4, -0.2) is 65.3 Å². The molecular weight excluding hydrogens is 479 g/mol. The Morgan fingerprint density at radius 2 is 1.63 bits per heavy atom. The Labute approximate surface area is 203 Å². The van der Waals surface area contributed by atoms with Crippen molar-refractivity contribution in [1.82, 2.24) is 24.2 Å². The molecule has 35 heavy (non-hydrogen) atoms. The zero-order valence-electron chi connectivity index (χ0n) is 19.4. The van der Waals surface area contributed by atoms with Crippen molar-refractivity contribution in [1.29, 1.82) is 0 Å². The van der Waals surface area contributed by atoms with Crippen LogP contribution in [0.15, 0.2) is 59.6 Å². The topological polar surface area (TPSA) is 71.3 Å². The number of benzene rings is 2. The first-order valence-corrected chi connectivity index (χ1v) is 13.0. The lowest BCUT2D eigenvalue weighted by molar-refractivity contribution is -0.139. The number of aromatic nitrogens is 3. The molecule has 11 heteroatoms. The van der Waals surface area contributed by atoms with Gasteiger partial charge >= 0.3 is 6.18 Å². The zero-order chi connectivity index (χ0) is 25.1. The Morgan fingerprint density at radius 3 is 2.29 bits per heavy atom. The molecule has 1 fully saturated rings. The SMILES string of the molecule is CCc1ccc(-c2cn(CCCN3CCN(S(=O)(=O)c4ccccc4C(F)(F)F)CC3)nn2)cc1. The molecule has 1 aliphatic rings. The molecule has 0 bridgehead atoms. The normalized spacial score (nSPS) is 16.0. The predicted molar refractivity (Wildman–Crippen MR) is 126 cm³/mol. The number of rotatable bonds is 8. The van der Waals surface area contributed by atoms with Gasteiger partial charge in [-0.15, -0.1) is 5.10 Å². The molecule has 0 saturated carbocycles. The molecule has 7 nitrogen and oxygen atoms in total. The molecule has 2 heterocycles. The standard InChI is InChI=1S/C24H28F3N5O2S/c1-2-19-8-10-20(11-9-19)22-18-31(29-28-22)13-5-12-30-14-16-32(17-15-30)35(33,34)23-7-4-3-6-21(23)24(25,26)27/h3-4,6-11,18H,2,5,12-17H2,1H3. The van der Waals surface area contributed by atoms with E-state index in [1.54, 1.807) is 4.68 Å². The van der Waals surface area contributed by atoms with Gasteiger partial charge in [-0.1, -0.05) is 48.5 Å². The van der Waals surface area contributed by atoms with Gasteiger partial charge < -0.3 is 4.90 Å². The summed E-state index contributed by atoms with van der Waals surface area (Å²) in [5.41, 5.74) is 1.96. The third-order valence-electron chi connectivity index (χ3n) is 6.20. The van der Waals surface area contributed by atoms with E-state index < -0.39 is 26.7 Å². The van der Waals surface area contributed by atoms with Gasteiger partial charge in [-0.05, 0) is 30.5 Å². The third kappa shape index (κ3) is 5.91. The van der Waals surface area contributed by atoms with Crippen LogP contribution in [0, 0.1) is 0 Å². The fourth-order valence-electron chi connectivity index (χ4n) is 4.17. The van der Waals surface area contributed by atoms with Gasteiger partial charge in [0.05, 0.1) is 16.7 Å². The maximum atomic E-state index is 13.3. The Bertz CT molecular complexity index is 1230. The molecular formula is C24H28F3N5O2S. The van der Waals surface area contributed by atoms with Crippen LogP contribution in [0.4, 0.5) is 13.2 Å². The lowest BCUT2D eigenvalue weighted by atomic mass is 10.1. The van der Waals surface area contributed by atoms with Crippen LogP contribution < -0.4 is 0 Å². The van der Waals surface area contributed by atoms with Crippen molar-refractivity contribution in [2.24, 2.45) is 0 Å². The number of aryl methyl sites for hydroxylation is 2. The lowest BCUT2D eigenvalue weighted by Crippen LogP contribution is -2.49. The Hall–Kier alpha value is -2.76. The minimum Gasteiger partial charge on any atom is -0.301 e. The van der Waals surface area contributed by atoms with Gasteiger partial charge in [0.1, 0.15) is 5.69 Å². The highest BCUT2D eigenvalue weighted by atomic mass is 32.2. The molecule has 1 aliphatic heterocycles. The minimum atomic E-state index is -4.73. The summed E-state index contributed by atoms with van der Waals surface area (Å²) < 4.78 is 68.7. The summed E-state index contributed by atoms with van der Waals surface area (Å²) in [7, 11) is -4.23. The fourth-order valence-corrected chi connectivity index (χ4v) is 5.80. The van der Waals surface area contributed by atoms with Crippen LogP contribution in [0.5, 0.6) is 0 Å². The smallest absolute Gasteiger partial charge is 0.301 e. The Kier molecular flexibility index (Phi) is 7.58. The van der Waals surface area contributed by atoms with E-state index in [0.717, 1.165) is 47.1 Å². The molecule has 4 rings (SSSR count). The summed E-state index contributed by atoms with van der Waals surface area (Å²) >= 11 is 0. The molecule has 0 amide bonds. The average molecular weight is 508 g/mol. The second-order valence-corrected chi connectivity index (χ2v) is 10.4. The third-order valence-corrected chi connectivity index (χ3v) is 8.16. The number of piperazine rings is 1. The van der Waals surface area contributed by atoms with Gasteiger partial charge in [0.25, 0.3) is 0 Å². The second kappa shape index (κ2) is 10.5. The van der Waals surface area contributed by atoms with Crippen LogP contribution in [0.25, 0.3) is 11.3 Å². The van der Waals surface area contributed by atoms with E-state index in [4.69, 9.17) is 0 Å². The largest absolute Gasteiger partial charge is 0.417 e. The first-order valence-electron chi connectivity index (χ1n) is 11.6. The first-order chi connectivity index (χ1) is 16.7. The fraction of sp³-hybridized carbons (Fsp3) is 0.417. The monoisotopic (exact) mass is 507 g/mol. The summed E-state index contributed by atoms with van der Waals surface area (Å²) in [6, 6.07) is 12.6. The van der Waals surface area contributed by atoms with Crippen LogP contribution in [-0.2, 0) is 29.2 Å². The summed E-state index contributed by atoms with van der Waals surface area (Å²) in [5.74, 6) is 0. The highest BCUT2D eigenvalue weighted by Gasteiger charge is 2.39. The van der Waals surface area contributed by atoms with Crippen LogP contribution in [0.1, 0.15) is 24.5 Å². The first kappa shape index (κ1) is 25.3. The van der Waals surface area contributed by atoms with E-state index in [0.29, 0.717) is 19.6 Å². The van der Waals surface area contributed by atoms with E-state index in [2.05, 4.69) is 34.3 Å². The molecule has 1 aromatic heterocycles. The molecule has 188 valence electrons. The highest BCUT2D eigenvalue weighted by Crippen LogP contribution is 2.35.